The zero-order valence-electron chi connectivity index (χ0n) is 14.9. The Hall–Kier alpha value is -0.850. The average Bonchev–Trinajstić information content (AvgIpc) is 3.00. The number of sulfonamides is 1. The van der Waals surface area contributed by atoms with E-state index in [2.05, 4.69) is 16.9 Å². The summed E-state index contributed by atoms with van der Waals surface area (Å²) in [5.41, 5.74) is 0. The van der Waals surface area contributed by atoms with Crippen molar-refractivity contribution in [3.05, 3.63) is 34.0 Å². The van der Waals surface area contributed by atoms with Crippen molar-refractivity contribution >= 4 is 45.3 Å². The molecule has 1 aromatic heterocycles. The molecule has 1 saturated heterocycles. The number of rotatable bonds is 7. The van der Waals surface area contributed by atoms with Crippen LogP contribution in [0.15, 0.2) is 33.5 Å². The maximum absolute atomic E-state index is 13.9. The summed E-state index contributed by atoms with van der Waals surface area (Å²) in [5, 5.41) is 4.54. The van der Waals surface area contributed by atoms with Gasteiger partial charge in [0.1, 0.15) is 10.7 Å². The summed E-state index contributed by atoms with van der Waals surface area (Å²) in [6.07, 6.45) is 1.08. The van der Waals surface area contributed by atoms with Crippen molar-refractivity contribution in [2.24, 2.45) is 0 Å². The van der Waals surface area contributed by atoms with Crippen molar-refractivity contribution in [2.45, 2.75) is 29.2 Å². The number of aromatic nitrogens is 2. The van der Waals surface area contributed by atoms with Gasteiger partial charge in [-0.25, -0.2) is 17.5 Å². The minimum Gasteiger partial charge on any atom is -0.282 e. The van der Waals surface area contributed by atoms with Gasteiger partial charge < -0.3 is 0 Å². The number of piperazine rings is 1. The lowest BCUT2D eigenvalue weighted by atomic mass is 10.3. The first kappa shape index (κ1) is 20.9. The number of benzene rings is 1. The first-order valence-corrected chi connectivity index (χ1v) is 12.2. The Balaban J connectivity index is 1.62. The van der Waals surface area contributed by atoms with Crippen molar-refractivity contribution in [1.29, 1.82) is 0 Å². The fourth-order valence-corrected chi connectivity index (χ4v) is 6.45. The lowest BCUT2D eigenvalue weighted by Gasteiger charge is -2.33. The molecule has 0 saturated carbocycles. The minimum absolute atomic E-state index is 0.266. The second-order valence-corrected chi connectivity index (χ2v) is 10.9. The Kier molecular flexibility index (Phi) is 7.03. The molecule has 2 aromatic rings. The van der Waals surface area contributed by atoms with E-state index in [0.29, 0.717) is 32.8 Å². The highest BCUT2D eigenvalue weighted by Gasteiger charge is 2.30. The summed E-state index contributed by atoms with van der Waals surface area (Å²) < 4.78 is 44.0. The summed E-state index contributed by atoms with van der Waals surface area (Å²) in [4.78, 5) is 1.84. The lowest BCUT2D eigenvalue weighted by molar-refractivity contribution is 0.144. The summed E-state index contributed by atoms with van der Waals surface area (Å²) in [6, 6.07) is 5.49. The highest BCUT2D eigenvalue weighted by Crippen LogP contribution is 2.23. The van der Waals surface area contributed by atoms with E-state index in [9.17, 15) is 12.8 Å². The third kappa shape index (κ3) is 4.96. The van der Waals surface area contributed by atoms with Gasteiger partial charge in [-0.15, -0.1) is 0 Å². The topological polar surface area (TPSA) is 58.4 Å². The fourth-order valence-electron chi connectivity index (χ4n) is 2.72. The van der Waals surface area contributed by atoms with Gasteiger partial charge in [-0.3, -0.25) is 4.90 Å². The monoisotopic (exact) mass is 448 g/mol. The van der Waals surface area contributed by atoms with E-state index in [-0.39, 0.29) is 4.90 Å². The molecule has 1 fully saturated rings. The third-order valence-electron chi connectivity index (χ3n) is 4.14. The molecule has 2 heterocycles. The molecule has 0 radical (unpaired) electrons. The summed E-state index contributed by atoms with van der Waals surface area (Å²) in [5.74, 6) is 0.292. The van der Waals surface area contributed by atoms with Crippen LogP contribution in [0.1, 0.15) is 13.3 Å². The van der Waals surface area contributed by atoms with Crippen molar-refractivity contribution in [2.75, 3.05) is 31.9 Å². The molecule has 148 valence electrons. The molecule has 11 heteroatoms. The number of thioether (sulfide) groups is 1. The Morgan fingerprint density at radius 3 is 2.63 bits per heavy atom. The highest BCUT2D eigenvalue weighted by molar-refractivity contribution is 8.01. The number of nitrogens with zero attached hydrogens (tertiary/aromatic N) is 4. The van der Waals surface area contributed by atoms with Gasteiger partial charge in [0.15, 0.2) is 8.29 Å². The van der Waals surface area contributed by atoms with E-state index < -0.39 is 15.8 Å². The van der Waals surface area contributed by atoms with Crippen molar-refractivity contribution in [3.63, 3.8) is 0 Å². The maximum Gasteiger partial charge on any atom is 0.246 e. The smallest absolute Gasteiger partial charge is 0.246 e. The molecule has 0 N–H and O–H groups in total. The fraction of sp³-hybridized carbons (Fsp3) is 0.500. The summed E-state index contributed by atoms with van der Waals surface area (Å²) in [7, 11) is -3.82. The molecule has 0 bridgehead atoms. The summed E-state index contributed by atoms with van der Waals surface area (Å²) in [6.45, 7) is 4.37. The average molecular weight is 449 g/mol. The van der Waals surface area contributed by atoms with Crippen LogP contribution in [-0.2, 0) is 16.7 Å². The largest absolute Gasteiger partial charge is 0.282 e. The number of hydrogen-bond acceptors (Lipinski definition) is 7. The van der Waals surface area contributed by atoms with Crippen LogP contribution in [0.2, 0.25) is 0 Å². The molecule has 27 heavy (non-hydrogen) atoms. The SMILES string of the molecule is CCCSc1nn(CN2CCN(S(=O)(=O)c3ccccc3F)CC2)c(=S)s1. The van der Waals surface area contributed by atoms with Crippen molar-refractivity contribution in [1.82, 2.24) is 19.0 Å². The summed E-state index contributed by atoms with van der Waals surface area (Å²) >= 11 is 8.58. The molecule has 1 aliphatic heterocycles. The van der Waals surface area contributed by atoms with Gasteiger partial charge in [0.05, 0.1) is 6.67 Å². The molecule has 1 aromatic carbocycles. The minimum atomic E-state index is -3.82. The van der Waals surface area contributed by atoms with E-state index in [1.807, 2.05) is 0 Å². The lowest BCUT2D eigenvalue weighted by Crippen LogP contribution is -2.49. The zero-order chi connectivity index (χ0) is 19.4. The second-order valence-electron chi connectivity index (χ2n) is 6.08. The van der Waals surface area contributed by atoms with Crippen LogP contribution < -0.4 is 0 Å². The van der Waals surface area contributed by atoms with Crippen LogP contribution in [0.3, 0.4) is 0 Å². The molecule has 0 spiro atoms. The standard InChI is InChI=1S/C16H21FN4O2S4/c1-2-11-25-15-18-21(16(24)26-15)12-19-7-9-20(10-8-19)27(22,23)14-6-4-3-5-13(14)17/h3-6H,2,7-12H2,1H3. The first-order valence-electron chi connectivity index (χ1n) is 8.59. The molecule has 0 aliphatic carbocycles. The molecule has 0 atom stereocenters. The van der Waals surface area contributed by atoms with Crippen LogP contribution in [0.4, 0.5) is 4.39 Å². The molecular weight excluding hydrogens is 427 g/mol. The van der Waals surface area contributed by atoms with Crippen molar-refractivity contribution < 1.29 is 12.8 Å². The normalized spacial score (nSPS) is 16.7. The predicted molar refractivity (Wildman–Crippen MR) is 109 cm³/mol. The Labute approximate surface area is 172 Å². The first-order chi connectivity index (χ1) is 12.9. The number of hydrogen-bond donors (Lipinski definition) is 0. The molecule has 0 unspecified atom stereocenters. The highest BCUT2D eigenvalue weighted by atomic mass is 32.2. The van der Waals surface area contributed by atoms with Gasteiger partial charge in [-0.05, 0) is 30.8 Å². The van der Waals surface area contributed by atoms with Crippen LogP contribution in [0.5, 0.6) is 0 Å². The van der Waals surface area contributed by atoms with Gasteiger partial charge >= 0.3 is 0 Å². The van der Waals surface area contributed by atoms with E-state index in [1.165, 1.54) is 39.9 Å². The number of halogens is 1. The van der Waals surface area contributed by atoms with Crippen LogP contribution in [-0.4, -0.2) is 59.3 Å². The van der Waals surface area contributed by atoms with Crippen molar-refractivity contribution in [3.8, 4) is 0 Å². The van der Waals surface area contributed by atoms with E-state index >= 15 is 0 Å². The maximum atomic E-state index is 13.9. The molecule has 6 nitrogen and oxygen atoms in total. The van der Waals surface area contributed by atoms with Gasteiger partial charge in [0.25, 0.3) is 0 Å². The van der Waals surface area contributed by atoms with Crippen LogP contribution >= 0.6 is 35.3 Å². The predicted octanol–water partition coefficient (Wildman–Crippen LogP) is 3.28. The van der Waals surface area contributed by atoms with Gasteiger partial charge in [-0.1, -0.05) is 42.2 Å². The molecule has 0 amide bonds. The third-order valence-corrected chi connectivity index (χ3v) is 8.72. The molecule has 1 aliphatic rings. The Morgan fingerprint density at radius 1 is 1.26 bits per heavy atom. The zero-order valence-corrected chi connectivity index (χ0v) is 18.1. The van der Waals surface area contributed by atoms with E-state index in [4.69, 9.17) is 12.2 Å². The van der Waals surface area contributed by atoms with Crippen LogP contribution in [0, 0.1) is 9.77 Å². The molecular formula is C16H21FN4O2S4. The van der Waals surface area contributed by atoms with Gasteiger partial charge in [0, 0.05) is 31.9 Å². The van der Waals surface area contributed by atoms with E-state index in [1.54, 1.807) is 16.4 Å². The van der Waals surface area contributed by atoms with Gasteiger partial charge in [-0.2, -0.15) is 9.40 Å². The Morgan fingerprint density at radius 2 is 1.96 bits per heavy atom. The van der Waals surface area contributed by atoms with E-state index in [0.717, 1.165) is 20.5 Å². The quantitative estimate of drug-likeness (QED) is 0.479. The Bertz CT molecular complexity index is 936. The van der Waals surface area contributed by atoms with Gasteiger partial charge in [0.2, 0.25) is 10.0 Å². The molecule has 3 rings (SSSR count). The second kappa shape index (κ2) is 9.10. The van der Waals surface area contributed by atoms with Crippen LogP contribution in [0.25, 0.3) is 0 Å².